The second-order valence-corrected chi connectivity index (χ2v) is 6.57. The zero-order valence-electron chi connectivity index (χ0n) is 13.5. The van der Waals surface area contributed by atoms with E-state index in [1.807, 2.05) is 0 Å². The van der Waals surface area contributed by atoms with Gasteiger partial charge in [0, 0.05) is 18.6 Å². The van der Waals surface area contributed by atoms with Crippen LogP contribution in [0.2, 0.25) is 0 Å². The van der Waals surface area contributed by atoms with Crippen LogP contribution in [-0.4, -0.2) is 50.1 Å². The fourth-order valence-corrected chi connectivity index (χ4v) is 3.18. The molecule has 0 heterocycles. The lowest BCUT2D eigenvalue weighted by Gasteiger charge is -2.34. The van der Waals surface area contributed by atoms with Gasteiger partial charge in [0.05, 0.1) is 6.54 Å². The highest BCUT2D eigenvalue weighted by Crippen LogP contribution is 2.28. The smallest absolute Gasteiger partial charge is 0.191 e. The molecule has 2 aliphatic carbocycles. The molecule has 0 spiro atoms. The van der Waals surface area contributed by atoms with Crippen LogP contribution in [0.3, 0.4) is 0 Å². The third-order valence-corrected chi connectivity index (χ3v) is 4.56. The predicted molar refractivity (Wildman–Crippen MR) is 86.2 cm³/mol. The summed E-state index contributed by atoms with van der Waals surface area (Å²) in [5.74, 6) is 1.84. The van der Waals surface area contributed by atoms with Crippen molar-refractivity contribution in [2.75, 3.05) is 27.2 Å². The zero-order valence-corrected chi connectivity index (χ0v) is 13.5. The lowest BCUT2D eigenvalue weighted by atomic mass is 9.83. The van der Waals surface area contributed by atoms with Gasteiger partial charge in [0.15, 0.2) is 5.96 Å². The Morgan fingerprint density at radius 2 is 1.85 bits per heavy atom. The summed E-state index contributed by atoms with van der Waals surface area (Å²) in [6.07, 6.45) is 9.58. The minimum Gasteiger partial charge on any atom is -0.357 e. The van der Waals surface area contributed by atoms with E-state index in [1.54, 1.807) is 0 Å². The van der Waals surface area contributed by atoms with Crippen LogP contribution < -0.4 is 10.6 Å². The molecule has 0 aromatic rings. The molecule has 0 aromatic heterocycles. The summed E-state index contributed by atoms with van der Waals surface area (Å²) in [6.45, 7) is 3.99. The molecule has 4 nitrogen and oxygen atoms in total. The van der Waals surface area contributed by atoms with Crippen LogP contribution in [-0.2, 0) is 0 Å². The van der Waals surface area contributed by atoms with Crippen molar-refractivity contribution in [3.05, 3.63) is 0 Å². The Kier molecular flexibility index (Phi) is 6.14. The molecule has 2 saturated carbocycles. The Morgan fingerprint density at radius 1 is 1.15 bits per heavy atom. The number of nitrogens with zero attached hydrogens (tertiary/aromatic N) is 2. The van der Waals surface area contributed by atoms with Gasteiger partial charge in [0.25, 0.3) is 0 Å². The summed E-state index contributed by atoms with van der Waals surface area (Å²) in [5.41, 5.74) is 0. The first-order valence-corrected chi connectivity index (χ1v) is 8.42. The van der Waals surface area contributed by atoms with E-state index < -0.39 is 0 Å². The van der Waals surface area contributed by atoms with Crippen LogP contribution in [0.4, 0.5) is 0 Å². The molecule has 1 unspecified atom stereocenters. The quantitative estimate of drug-likeness (QED) is 0.579. The molecule has 116 valence electrons. The minimum atomic E-state index is 0.588. The summed E-state index contributed by atoms with van der Waals surface area (Å²) < 4.78 is 0. The first-order chi connectivity index (χ1) is 9.70. The van der Waals surface area contributed by atoms with Crippen molar-refractivity contribution in [2.45, 2.75) is 64.0 Å². The number of aliphatic imine (C=N–C) groups is 1. The van der Waals surface area contributed by atoms with E-state index in [-0.39, 0.29) is 0 Å². The zero-order chi connectivity index (χ0) is 14.4. The number of nitrogens with one attached hydrogen (secondary N) is 2. The molecule has 2 N–H and O–H groups in total. The Hall–Kier alpha value is -0.770. The van der Waals surface area contributed by atoms with Gasteiger partial charge < -0.3 is 15.5 Å². The molecule has 0 radical (unpaired) electrons. The van der Waals surface area contributed by atoms with E-state index in [1.165, 1.54) is 44.9 Å². The van der Waals surface area contributed by atoms with Gasteiger partial charge >= 0.3 is 0 Å². The van der Waals surface area contributed by atoms with Gasteiger partial charge in [-0.05, 0) is 52.6 Å². The largest absolute Gasteiger partial charge is 0.357 e. The van der Waals surface area contributed by atoms with Crippen molar-refractivity contribution >= 4 is 5.96 Å². The van der Waals surface area contributed by atoms with E-state index in [4.69, 9.17) is 4.99 Å². The van der Waals surface area contributed by atoms with Crippen molar-refractivity contribution in [3.63, 3.8) is 0 Å². The molecular weight excluding hydrogens is 248 g/mol. The van der Waals surface area contributed by atoms with Crippen molar-refractivity contribution in [3.8, 4) is 0 Å². The number of hydrogen-bond donors (Lipinski definition) is 2. The molecule has 0 bridgehead atoms. The van der Waals surface area contributed by atoms with E-state index in [9.17, 15) is 0 Å². The van der Waals surface area contributed by atoms with Gasteiger partial charge in [-0.3, -0.25) is 4.99 Å². The average molecular weight is 280 g/mol. The molecule has 2 aliphatic rings. The van der Waals surface area contributed by atoms with Crippen molar-refractivity contribution in [2.24, 2.45) is 10.9 Å². The maximum Gasteiger partial charge on any atom is 0.191 e. The molecule has 20 heavy (non-hydrogen) atoms. The predicted octanol–water partition coefficient (Wildman–Crippen LogP) is 2.21. The van der Waals surface area contributed by atoms with Crippen molar-refractivity contribution < 1.29 is 0 Å². The van der Waals surface area contributed by atoms with Gasteiger partial charge in [0.2, 0.25) is 0 Å². The Bertz CT molecular complexity index is 304. The SMILES string of the molecule is CCNC(=NCC(C1CCCCC1)N(C)C)NC1CC1. The molecule has 2 fully saturated rings. The van der Waals surface area contributed by atoms with Crippen LogP contribution in [0.1, 0.15) is 51.9 Å². The molecule has 4 heteroatoms. The molecule has 1 atom stereocenters. The lowest BCUT2D eigenvalue weighted by Crippen LogP contribution is -2.42. The van der Waals surface area contributed by atoms with Gasteiger partial charge in [0.1, 0.15) is 0 Å². The van der Waals surface area contributed by atoms with Crippen molar-refractivity contribution in [1.82, 2.24) is 15.5 Å². The Balaban J connectivity index is 1.90. The third-order valence-electron chi connectivity index (χ3n) is 4.56. The summed E-state index contributed by atoms with van der Waals surface area (Å²) in [6, 6.07) is 1.25. The first-order valence-electron chi connectivity index (χ1n) is 8.42. The highest BCUT2D eigenvalue weighted by Gasteiger charge is 2.26. The highest BCUT2D eigenvalue weighted by atomic mass is 15.2. The lowest BCUT2D eigenvalue weighted by molar-refractivity contribution is 0.176. The molecule has 0 aromatic carbocycles. The van der Waals surface area contributed by atoms with E-state index in [2.05, 4.69) is 36.6 Å². The van der Waals surface area contributed by atoms with E-state index >= 15 is 0 Å². The van der Waals surface area contributed by atoms with Crippen LogP contribution in [0.15, 0.2) is 4.99 Å². The van der Waals surface area contributed by atoms with E-state index in [0.717, 1.165) is 25.0 Å². The number of hydrogen-bond acceptors (Lipinski definition) is 2. The second kappa shape index (κ2) is 7.87. The third kappa shape index (κ3) is 4.97. The number of guanidine groups is 1. The Morgan fingerprint density at radius 3 is 2.40 bits per heavy atom. The van der Waals surface area contributed by atoms with Gasteiger partial charge in [-0.15, -0.1) is 0 Å². The molecular formula is C16H32N4. The normalized spacial score (nSPS) is 22.9. The maximum atomic E-state index is 4.84. The summed E-state index contributed by atoms with van der Waals surface area (Å²) in [7, 11) is 4.41. The highest BCUT2D eigenvalue weighted by molar-refractivity contribution is 5.80. The molecule has 2 rings (SSSR count). The first kappa shape index (κ1) is 15.6. The maximum absolute atomic E-state index is 4.84. The monoisotopic (exact) mass is 280 g/mol. The summed E-state index contributed by atoms with van der Waals surface area (Å²) in [4.78, 5) is 7.22. The van der Waals surface area contributed by atoms with Gasteiger partial charge in [-0.2, -0.15) is 0 Å². The number of likely N-dealkylation sites (N-methyl/N-ethyl adjacent to an activating group) is 1. The van der Waals surface area contributed by atoms with Crippen LogP contribution in [0.25, 0.3) is 0 Å². The van der Waals surface area contributed by atoms with Crippen LogP contribution in [0, 0.1) is 5.92 Å². The summed E-state index contributed by atoms with van der Waals surface area (Å²) in [5, 5.41) is 6.88. The fourth-order valence-electron chi connectivity index (χ4n) is 3.18. The van der Waals surface area contributed by atoms with Crippen LogP contribution >= 0.6 is 0 Å². The van der Waals surface area contributed by atoms with Crippen LogP contribution in [0.5, 0.6) is 0 Å². The standard InChI is InChI=1S/C16H32N4/c1-4-17-16(19-14-10-11-14)18-12-15(20(2)3)13-8-6-5-7-9-13/h13-15H,4-12H2,1-3H3,(H2,17,18,19). The van der Waals surface area contributed by atoms with Crippen molar-refractivity contribution in [1.29, 1.82) is 0 Å². The van der Waals surface area contributed by atoms with Gasteiger partial charge in [-0.25, -0.2) is 0 Å². The summed E-state index contributed by atoms with van der Waals surface area (Å²) >= 11 is 0. The molecule has 0 aliphatic heterocycles. The molecule has 0 saturated heterocycles. The average Bonchev–Trinajstić information content (AvgIpc) is 3.24. The van der Waals surface area contributed by atoms with E-state index in [0.29, 0.717) is 12.1 Å². The second-order valence-electron chi connectivity index (χ2n) is 6.57. The number of rotatable bonds is 6. The van der Waals surface area contributed by atoms with Gasteiger partial charge in [-0.1, -0.05) is 19.3 Å². The minimum absolute atomic E-state index is 0.588. The topological polar surface area (TPSA) is 39.7 Å². The Labute approximate surface area is 124 Å². The fraction of sp³-hybridized carbons (Fsp3) is 0.938. The molecule has 0 amide bonds.